The van der Waals surface area contributed by atoms with Crippen LogP contribution in [0.5, 0.6) is 0 Å². The maximum absolute atomic E-state index is 12.3. The van der Waals surface area contributed by atoms with Crippen LogP contribution in [0.3, 0.4) is 0 Å². The highest BCUT2D eigenvalue weighted by molar-refractivity contribution is 9.10. The van der Waals surface area contributed by atoms with Gasteiger partial charge < -0.3 is 10.6 Å². The normalized spacial score (nSPS) is 10.9. The highest BCUT2D eigenvalue weighted by Gasteiger charge is 2.15. The van der Waals surface area contributed by atoms with Gasteiger partial charge in [0.05, 0.1) is 5.56 Å². The third-order valence-electron chi connectivity index (χ3n) is 2.95. The zero-order valence-corrected chi connectivity index (χ0v) is 13.6. The fourth-order valence-corrected chi connectivity index (χ4v) is 2.31. The lowest BCUT2D eigenvalue weighted by Gasteiger charge is -2.10. The molecule has 4 nitrogen and oxygen atoms in total. The number of likely N-dealkylation sites (N-methyl/N-ethyl adjacent to an activating group) is 1. The first kappa shape index (κ1) is 16.0. The molecule has 0 radical (unpaired) electrons. The van der Waals surface area contributed by atoms with Crippen LogP contribution < -0.4 is 10.6 Å². The maximum Gasteiger partial charge on any atom is 0.267 e. The van der Waals surface area contributed by atoms with E-state index in [0.29, 0.717) is 10.0 Å². The zero-order chi connectivity index (χ0) is 15.9. The lowest BCUT2D eigenvalue weighted by Crippen LogP contribution is -2.33. The second-order valence-corrected chi connectivity index (χ2v) is 5.34. The van der Waals surface area contributed by atoms with Crippen molar-refractivity contribution < 1.29 is 9.59 Å². The molecule has 0 saturated carbocycles. The number of hydrogen-bond donors (Lipinski definition) is 2. The van der Waals surface area contributed by atoms with E-state index in [1.807, 2.05) is 36.4 Å². The van der Waals surface area contributed by atoms with E-state index in [9.17, 15) is 9.59 Å². The molecule has 0 spiro atoms. The van der Waals surface area contributed by atoms with Crippen molar-refractivity contribution in [1.29, 1.82) is 0 Å². The monoisotopic (exact) mass is 358 g/mol. The van der Waals surface area contributed by atoms with Crippen molar-refractivity contribution in [1.82, 2.24) is 10.6 Å². The van der Waals surface area contributed by atoms with Crippen molar-refractivity contribution in [3.8, 4) is 0 Å². The quantitative estimate of drug-likeness (QED) is 0.825. The molecule has 0 heterocycles. The van der Waals surface area contributed by atoms with E-state index in [1.54, 1.807) is 24.3 Å². The molecule has 0 aliphatic heterocycles. The van der Waals surface area contributed by atoms with Gasteiger partial charge in [-0.1, -0.05) is 42.5 Å². The lowest BCUT2D eigenvalue weighted by atomic mass is 10.1. The Morgan fingerprint density at radius 2 is 1.64 bits per heavy atom. The van der Waals surface area contributed by atoms with Crippen molar-refractivity contribution in [2.24, 2.45) is 0 Å². The molecule has 2 amide bonds. The van der Waals surface area contributed by atoms with Gasteiger partial charge in [0.15, 0.2) is 0 Å². The average molecular weight is 359 g/mol. The molecule has 112 valence electrons. The summed E-state index contributed by atoms with van der Waals surface area (Å²) >= 11 is 3.33. The van der Waals surface area contributed by atoms with Gasteiger partial charge in [-0.2, -0.15) is 0 Å². The van der Waals surface area contributed by atoms with Gasteiger partial charge in [0.2, 0.25) is 0 Å². The minimum absolute atomic E-state index is 0.189. The highest BCUT2D eigenvalue weighted by Crippen LogP contribution is 2.16. The fraction of sp³-hybridized carbons (Fsp3) is 0.0588. The summed E-state index contributed by atoms with van der Waals surface area (Å²) in [5.41, 5.74) is 1.48. The third kappa shape index (κ3) is 4.05. The molecule has 2 N–H and O–H groups in total. The van der Waals surface area contributed by atoms with Crippen LogP contribution in [-0.4, -0.2) is 18.9 Å². The molecule has 5 heteroatoms. The summed E-state index contributed by atoms with van der Waals surface area (Å²) < 4.78 is 0.670. The van der Waals surface area contributed by atoms with Crippen LogP contribution in [-0.2, 0) is 4.79 Å². The van der Waals surface area contributed by atoms with Gasteiger partial charge in [-0.3, -0.25) is 9.59 Å². The van der Waals surface area contributed by atoms with Gasteiger partial charge in [0, 0.05) is 11.5 Å². The molecule has 0 bridgehead atoms. The molecule has 2 aromatic rings. The van der Waals surface area contributed by atoms with Crippen LogP contribution in [0.1, 0.15) is 15.9 Å². The molecule has 2 rings (SSSR count). The Balaban J connectivity index is 2.28. The Morgan fingerprint density at radius 1 is 1.00 bits per heavy atom. The van der Waals surface area contributed by atoms with E-state index in [2.05, 4.69) is 26.6 Å². The topological polar surface area (TPSA) is 58.2 Å². The molecular formula is C17H15BrN2O2. The predicted molar refractivity (Wildman–Crippen MR) is 90.1 cm³/mol. The van der Waals surface area contributed by atoms with Gasteiger partial charge in [-0.15, -0.1) is 0 Å². The van der Waals surface area contributed by atoms with E-state index < -0.39 is 0 Å². The number of nitrogens with one attached hydrogen (secondary N) is 2. The number of carbonyl (C=O) groups is 2. The number of carbonyl (C=O) groups excluding carboxylic acids is 2. The number of rotatable bonds is 4. The van der Waals surface area contributed by atoms with Gasteiger partial charge in [0.1, 0.15) is 5.70 Å². The first-order valence-electron chi connectivity index (χ1n) is 6.66. The number of benzene rings is 2. The van der Waals surface area contributed by atoms with E-state index in [-0.39, 0.29) is 17.5 Å². The van der Waals surface area contributed by atoms with Gasteiger partial charge in [-0.05, 0) is 39.7 Å². The zero-order valence-electron chi connectivity index (χ0n) is 12.0. The van der Waals surface area contributed by atoms with Crippen LogP contribution in [0.15, 0.2) is 64.8 Å². The summed E-state index contributed by atoms with van der Waals surface area (Å²) in [6.07, 6.45) is 1.63. The lowest BCUT2D eigenvalue weighted by molar-refractivity contribution is -0.117. The van der Waals surface area contributed by atoms with Crippen molar-refractivity contribution in [3.05, 3.63) is 75.9 Å². The van der Waals surface area contributed by atoms with Crippen LogP contribution in [0, 0.1) is 0 Å². The van der Waals surface area contributed by atoms with Crippen molar-refractivity contribution in [2.75, 3.05) is 7.05 Å². The van der Waals surface area contributed by atoms with Crippen molar-refractivity contribution in [2.45, 2.75) is 0 Å². The van der Waals surface area contributed by atoms with E-state index in [0.717, 1.165) is 5.56 Å². The fourth-order valence-electron chi connectivity index (χ4n) is 1.84. The van der Waals surface area contributed by atoms with E-state index >= 15 is 0 Å². The van der Waals surface area contributed by atoms with Gasteiger partial charge >= 0.3 is 0 Å². The number of hydrogen-bond acceptors (Lipinski definition) is 2. The van der Waals surface area contributed by atoms with E-state index in [4.69, 9.17) is 0 Å². The molecule has 0 saturated heterocycles. The molecule has 0 fully saturated rings. The first-order valence-corrected chi connectivity index (χ1v) is 7.46. The molecule has 22 heavy (non-hydrogen) atoms. The smallest absolute Gasteiger partial charge is 0.267 e. The standard InChI is InChI=1S/C17H15BrN2O2/c1-19-17(22)15(11-12-7-3-2-4-8-12)20-16(21)13-9-5-6-10-14(13)18/h2-11H,1H3,(H,19,22)(H,20,21). The molecule has 0 aliphatic rings. The molecule has 0 aromatic heterocycles. The average Bonchev–Trinajstić information content (AvgIpc) is 2.54. The van der Waals surface area contributed by atoms with E-state index in [1.165, 1.54) is 7.05 Å². The van der Waals surface area contributed by atoms with Crippen LogP contribution in [0.2, 0.25) is 0 Å². The van der Waals surface area contributed by atoms with Crippen LogP contribution >= 0.6 is 15.9 Å². The molecule has 0 atom stereocenters. The van der Waals surface area contributed by atoms with Gasteiger partial charge in [0.25, 0.3) is 11.8 Å². The maximum atomic E-state index is 12.3. The summed E-state index contributed by atoms with van der Waals surface area (Å²) in [6, 6.07) is 16.4. The molecule has 0 unspecified atom stereocenters. The van der Waals surface area contributed by atoms with Crippen molar-refractivity contribution >= 4 is 33.8 Å². The van der Waals surface area contributed by atoms with Gasteiger partial charge in [-0.25, -0.2) is 0 Å². The first-order chi connectivity index (χ1) is 10.6. The summed E-state index contributed by atoms with van der Waals surface area (Å²) in [5.74, 6) is -0.706. The van der Waals surface area contributed by atoms with Crippen LogP contribution in [0.4, 0.5) is 0 Å². The SMILES string of the molecule is CNC(=O)C(=Cc1ccccc1)NC(=O)c1ccccc1Br. The second kappa shape index (κ2) is 7.56. The summed E-state index contributed by atoms with van der Waals surface area (Å²) in [5, 5.41) is 5.18. The Hall–Kier alpha value is -2.40. The summed E-state index contributed by atoms with van der Waals surface area (Å²) in [7, 11) is 1.52. The predicted octanol–water partition coefficient (Wildman–Crippen LogP) is 2.97. The Bertz CT molecular complexity index is 712. The minimum Gasteiger partial charge on any atom is -0.354 e. The Labute approximate surface area is 137 Å². The minimum atomic E-state index is -0.357. The summed E-state index contributed by atoms with van der Waals surface area (Å²) in [4.78, 5) is 24.3. The highest BCUT2D eigenvalue weighted by atomic mass is 79.9. The van der Waals surface area contributed by atoms with Crippen molar-refractivity contribution in [3.63, 3.8) is 0 Å². The molecule has 0 aliphatic carbocycles. The third-order valence-corrected chi connectivity index (χ3v) is 3.64. The van der Waals surface area contributed by atoms with Crippen LogP contribution in [0.25, 0.3) is 6.08 Å². The second-order valence-electron chi connectivity index (χ2n) is 4.48. The molecule has 2 aromatic carbocycles. The summed E-state index contributed by atoms with van der Waals surface area (Å²) in [6.45, 7) is 0. The number of amides is 2. The largest absolute Gasteiger partial charge is 0.354 e. The number of halogens is 1. The Kier molecular flexibility index (Phi) is 5.49. The Morgan fingerprint density at radius 3 is 2.27 bits per heavy atom. The molecular weight excluding hydrogens is 344 g/mol.